The van der Waals surface area contributed by atoms with Crippen molar-refractivity contribution in [3.05, 3.63) is 0 Å². The van der Waals surface area contributed by atoms with Crippen molar-refractivity contribution in [3.63, 3.8) is 0 Å². The van der Waals surface area contributed by atoms with Crippen LogP contribution in [0.2, 0.25) is 0 Å². The fourth-order valence-electron chi connectivity index (χ4n) is 3.75. The van der Waals surface area contributed by atoms with Gasteiger partial charge in [-0.05, 0) is 38.6 Å². The van der Waals surface area contributed by atoms with E-state index in [0.717, 1.165) is 13.0 Å². The Kier molecular flexibility index (Phi) is 5.02. The molecule has 0 spiro atoms. The Balaban J connectivity index is 2.05. The van der Waals surface area contributed by atoms with E-state index in [9.17, 15) is 4.79 Å². The van der Waals surface area contributed by atoms with Gasteiger partial charge in [-0.2, -0.15) is 0 Å². The van der Waals surface area contributed by atoms with E-state index in [1.54, 1.807) is 0 Å². The van der Waals surface area contributed by atoms with Gasteiger partial charge in [0, 0.05) is 18.6 Å². The first kappa shape index (κ1) is 15.7. The Morgan fingerprint density at radius 1 is 1.30 bits per heavy atom. The molecule has 1 amide bonds. The average Bonchev–Trinajstić information content (AvgIpc) is 2.84. The van der Waals surface area contributed by atoms with Crippen molar-refractivity contribution in [2.75, 3.05) is 13.1 Å². The number of nitrogens with two attached hydrogens (primary N) is 1. The lowest BCUT2D eigenvalue weighted by Crippen LogP contribution is -2.54. The zero-order chi connectivity index (χ0) is 14.8. The van der Waals surface area contributed by atoms with Gasteiger partial charge in [0.2, 0.25) is 5.91 Å². The summed E-state index contributed by atoms with van der Waals surface area (Å²) in [7, 11) is 0. The molecule has 2 heterocycles. The topological polar surface area (TPSA) is 58.4 Å². The summed E-state index contributed by atoms with van der Waals surface area (Å²) in [6, 6.07) is 0.792. The van der Waals surface area contributed by atoms with E-state index in [0.29, 0.717) is 23.9 Å². The van der Waals surface area contributed by atoms with E-state index in [4.69, 9.17) is 18.0 Å². The first-order valence-electron chi connectivity index (χ1n) is 7.90. The maximum Gasteiger partial charge on any atom is 0.233 e. The average molecular weight is 297 g/mol. The third-order valence-electron chi connectivity index (χ3n) is 5.29. The predicted octanol–water partition coefficient (Wildman–Crippen LogP) is 1.82. The van der Waals surface area contributed by atoms with Crippen LogP contribution in [-0.4, -0.2) is 41.0 Å². The van der Waals surface area contributed by atoms with Crippen LogP contribution in [0.4, 0.5) is 0 Å². The van der Waals surface area contributed by atoms with Crippen molar-refractivity contribution in [1.29, 1.82) is 0 Å². The minimum absolute atomic E-state index is 0.0347. The summed E-state index contributed by atoms with van der Waals surface area (Å²) < 4.78 is 0. The van der Waals surface area contributed by atoms with Crippen molar-refractivity contribution >= 4 is 23.1 Å². The Morgan fingerprint density at radius 3 is 2.60 bits per heavy atom. The molecule has 0 aromatic carbocycles. The number of hydrogen-bond acceptors (Lipinski definition) is 3. The zero-order valence-electron chi connectivity index (χ0n) is 12.7. The molecule has 3 N–H and O–H groups in total. The van der Waals surface area contributed by atoms with Crippen LogP contribution in [0.5, 0.6) is 0 Å². The number of hydrogen-bond donors (Lipinski definition) is 2. The zero-order valence-corrected chi connectivity index (χ0v) is 13.5. The molecule has 2 fully saturated rings. The van der Waals surface area contributed by atoms with Crippen LogP contribution in [-0.2, 0) is 4.79 Å². The summed E-state index contributed by atoms with van der Waals surface area (Å²) in [6.45, 7) is 6.26. The first-order chi connectivity index (χ1) is 9.55. The molecule has 2 unspecified atom stereocenters. The summed E-state index contributed by atoms with van der Waals surface area (Å²) in [5.74, 6) is 0.0347. The molecule has 2 saturated heterocycles. The molecule has 20 heavy (non-hydrogen) atoms. The fourth-order valence-corrected chi connectivity index (χ4v) is 4.14. The second-order valence-corrected chi connectivity index (χ2v) is 6.56. The van der Waals surface area contributed by atoms with Gasteiger partial charge in [0.1, 0.15) is 0 Å². The van der Waals surface area contributed by atoms with Crippen molar-refractivity contribution < 1.29 is 4.79 Å². The third kappa shape index (κ3) is 2.70. The van der Waals surface area contributed by atoms with Gasteiger partial charge < -0.3 is 11.1 Å². The van der Waals surface area contributed by atoms with Crippen LogP contribution in [0.3, 0.4) is 0 Å². The van der Waals surface area contributed by atoms with Crippen LogP contribution >= 0.6 is 12.2 Å². The summed E-state index contributed by atoms with van der Waals surface area (Å²) in [5, 5.41) is 3.25. The summed E-state index contributed by atoms with van der Waals surface area (Å²) in [6.07, 6.45) is 6.16. The van der Waals surface area contributed by atoms with E-state index in [2.05, 4.69) is 10.2 Å². The Hall–Kier alpha value is -0.680. The van der Waals surface area contributed by atoms with Gasteiger partial charge in [-0.1, -0.05) is 32.5 Å². The summed E-state index contributed by atoms with van der Waals surface area (Å²) >= 11 is 5.17. The molecule has 2 rings (SSSR count). The Labute approximate surface area is 127 Å². The molecule has 0 aromatic heterocycles. The molecule has 0 aromatic rings. The molecular formula is C15H27N3OS. The van der Waals surface area contributed by atoms with Crippen LogP contribution in [0.25, 0.3) is 0 Å². The van der Waals surface area contributed by atoms with Crippen LogP contribution in [0.1, 0.15) is 52.4 Å². The minimum Gasteiger partial charge on any atom is -0.392 e. The second-order valence-electron chi connectivity index (χ2n) is 6.12. The number of thiocarbonyl (C=S) groups is 1. The lowest BCUT2D eigenvalue weighted by atomic mass is 9.80. The van der Waals surface area contributed by atoms with Crippen molar-refractivity contribution in [1.82, 2.24) is 10.2 Å². The number of carbonyl (C=O) groups excluding carboxylic acids is 1. The predicted molar refractivity (Wildman–Crippen MR) is 85.6 cm³/mol. The number of carbonyl (C=O) groups is 1. The number of fused-ring (bicyclic) bond motifs is 1. The van der Waals surface area contributed by atoms with Gasteiger partial charge in [0.15, 0.2) is 0 Å². The molecule has 4 nitrogen and oxygen atoms in total. The SMILES string of the molecule is CCC(CC)(C(=O)NC1CCN2CCCCC12)C(N)=S. The van der Waals surface area contributed by atoms with Crippen LogP contribution in [0, 0.1) is 5.41 Å². The Bertz CT molecular complexity index is 381. The van der Waals surface area contributed by atoms with E-state index in [-0.39, 0.29) is 11.9 Å². The highest BCUT2D eigenvalue weighted by Gasteiger charge is 2.42. The molecule has 0 saturated carbocycles. The fraction of sp³-hybridized carbons (Fsp3) is 0.867. The smallest absolute Gasteiger partial charge is 0.233 e. The number of piperidine rings is 1. The highest BCUT2D eigenvalue weighted by molar-refractivity contribution is 7.80. The molecule has 114 valence electrons. The van der Waals surface area contributed by atoms with Gasteiger partial charge in [-0.25, -0.2) is 0 Å². The van der Waals surface area contributed by atoms with Gasteiger partial charge >= 0.3 is 0 Å². The van der Waals surface area contributed by atoms with Gasteiger partial charge in [-0.15, -0.1) is 0 Å². The molecule has 0 radical (unpaired) electrons. The third-order valence-corrected chi connectivity index (χ3v) is 5.68. The number of nitrogens with one attached hydrogen (secondary N) is 1. The minimum atomic E-state index is -0.669. The van der Waals surface area contributed by atoms with Gasteiger partial charge in [-0.3, -0.25) is 9.69 Å². The molecule has 2 aliphatic rings. The molecule has 2 atom stereocenters. The molecule has 5 heteroatoms. The Morgan fingerprint density at radius 2 is 2.00 bits per heavy atom. The quantitative estimate of drug-likeness (QED) is 0.760. The molecular weight excluding hydrogens is 270 g/mol. The van der Waals surface area contributed by atoms with Gasteiger partial charge in [0.05, 0.1) is 10.4 Å². The molecule has 2 aliphatic heterocycles. The van der Waals surface area contributed by atoms with E-state index < -0.39 is 5.41 Å². The van der Waals surface area contributed by atoms with E-state index in [1.807, 2.05) is 13.8 Å². The highest BCUT2D eigenvalue weighted by atomic mass is 32.1. The van der Waals surface area contributed by atoms with E-state index in [1.165, 1.54) is 25.8 Å². The molecule has 0 aliphatic carbocycles. The monoisotopic (exact) mass is 297 g/mol. The maximum absolute atomic E-state index is 12.7. The molecule has 0 bridgehead atoms. The summed E-state index contributed by atoms with van der Waals surface area (Å²) in [4.78, 5) is 15.6. The van der Waals surface area contributed by atoms with Crippen molar-refractivity contribution in [3.8, 4) is 0 Å². The van der Waals surface area contributed by atoms with Gasteiger partial charge in [0.25, 0.3) is 0 Å². The number of nitrogens with zero attached hydrogens (tertiary/aromatic N) is 1. The van der Waals surface area contributed by atoms with Crippen molar-refractivity contribution in [2.24, 2.45) is 11.1 Å². The summed E-state index contributed by atoms with van der Waals surface area (Å²) in [5.41, 5.74) is 5.19. The first-order valence-corrected chi connectivity index (χ1v) is 8.31. The normalized spacial score (nSPS) is 27.1. The van der Waals surface area contributed by atoms with Crippen molar-refractivity contribution in [2.45, 2.75) is 64.5 Å². The number of rotatable bonds is 5. The standard InChI is InChI=1S/C15H27N3OS/c1-3-15(4-2,13(16)20)14(19)17-11-8-10-18-9-6-5-7-12(11)18/h11-12H,3-10H2,1-2H3,(H2,16,20)(H,17,19). The highest BCUT2D eigenvalue weighted by Crippen LogP contribution is 2.31. The number of amides is 1. The van der Waals surface area contributed by atoms with E-state index >= 15 is 0 Å². The van der Waals surface area contributed by atoms with Crippen LogP contribution < -0.4 is 11.1 Å². The van der Waals surface area contributed by atoms with Crippen LogP contribution in [0.15, 0.2) is 0 Å². The lowest BCUT2D eigenvalue weighted by molar-refractivity contribution is -0.128. The largest absolute Gasteiger partial charge is 0.392 e. The maximum atomic E-state index is 12.7. The lowest BCUT2D eigenvalue weighted by Gasteiger charge is -2.35. The second kappa shape index (κ2) is 6.39.